The van der Waals surface area contributed by atoms with E-state index in [0.29, 0.717) is 18.9 Å². The number of fused-ring (bicyclic) bond motifs is 1. The van der Waals surface area contributed by atoms with Crippen LogP contribution in [0.25, 0.3) is 0 Å². The van der Waals surface area contributed by atoms with E-state index >= 15 is 0 Å². The lowest BCUT2D eigenvalue weighted by atomic mass is 10.0. The van der Waals surface area contributed by atoms with E-state index in [-0.39, 0.29) is 25.7 Å². The zero-order chi connectivity index (χ0) is 21.6. The fourth-order valence-corrected chi connectivity index (χ4v) is 5.67. The van der Waals surface area contributed by atoms with Crippen molar-refractivity contribution in [3.63, 3.8) is 0 Å². The first-order valence-electron chi connectivity index (χ1n) is 9.38. The molecule has 1 fully saturated rings. The van der Waals surface area contributed by atoms with E-state index in [4.69, 9.17) is 16.3 Å². The molecule has 2 aromatic rings. The fourth-order valence-electron chi connectivity index (χ4n) is 3.90. The van der Waals surface area contributed by atoms with Gasteiger partial charge in [-0.1, -0.05) is 29.3 Å². The molecule has 4 rings (SSSR count). The second kappa shape index (κ2) is 7.79. The van der Waals surface area contributed by atoms with Crippen LogP contribution in [-0.2, 0) is 21.4 Å². The number of aryl methyl sites for hydroxylation is 1. The van der Waals surface area contributed by atoms with E-state index in [9.17, 15) is 22.0 Å². The molecule has 0 radical (unpaired) electrons. The predicted molar refractivity (Wildman–Crippen MR) is 107 cm³/mol. The summed E-state index contributed by atoms with van der Waals surface area (Å²) in [4.78, 5) is 13.3. The van der Waals surface area contributed by atoms with Crippen molar-refractivity contribution in [2.24, 2.45) is 0 Å². The van der Waals surface area contributed by atoms with E-state index in [0.717, 1.165) is 27.2 Å². The molecule has 0 bridgehead atoms. The van der Waals surface area contributed by atoms with Crippen LogP contribution in [0, 0.1) is 18.6 Å². The average Bonchev–Trinajstić information content (AvgIpc) is 2.71. The summed E-state index contributed by atoms with van der Waals surface area (Å²) in [5, 5.41) is -0.465. The van der Waals surface area contributed by atoms with Crippen molar-refractivity contribution < 1.29 is 26.7 Å². The Labute approximate surface area is 178 Å². The Hall–Kier alpha value is -2.23. The van der Waals surface area contributed by atoms with Gasteiger partial charge in [-0.15, -0.1) is 0 Å². The number of cyclic esters (lactones) is 1. The molecule has 0 N–H and O–H groups in total. The maximum absolute atomic E-state index is 14.1. The largest absolute Gasteiger partial charge is 0.444 e. The third-order valence-corrected chi connectivity index (χ3v) is 7.63. The van der Waals surface area contributed by atoms with Crippen LogP contribution in [0.4, 0.5) is 19.3 Å². The van der Waals surface area contributed by atoms with Crippen LogP contribution >= 0.6 is 11.6 Å². The molecule has 2 aliphatic rings. The lowest BCUT2D eigenvalue weighted by Crippen LogP contribution is -2.50. The minimum atomic E-state index is -4.19. The minimum Gasteiger partial charge on any atom is -0.444 e. The zero-order valence-electron chi connectivity index (χ0n) is 16.1. The first kappa shape index (κ1) is 21.0. The third kappa shape index (κ3) is 3.66. The number of ether oxygens (including phenoxy) is 1. The summed E-state index contributed by atoms with van der Waals surface area (Å²) < 4.78 is 59.6. The number of amides is 1. The highest BCUT2D eigenvalue weighted by Gasteiger charge is 2.38. The summed E-state index contributed by atoms with van der Waals surface area (Å²) in [6.07, 6.45) is 0.222. The quantitative estimate of drug-likeness (QED) is 0.648. The predicted octanol–water partition coefficient (Wildman–Crippen LogP) is 4.24. The molecule has 1 saturated heterocycles. The van der Waals surface area contributed by atoms with Crippen molar-refractivity contribution in [2.75, 3.05) is 18.0 Å². The van der Waals surface area contributed by atoms with E-state index in [2.05, 4.69) is 0 Å². The molecule has 0 aromatic heterocycles. The number of carbonyl (C=O) groups excluding carboxylic acids is 1. The molecule has 1 amide bonds. The van der Waals surface area contributed by atoms with Gasteiger partial charge in [0.05, 0.1) is 10.7 Å². The van der Waals surface area contributed by atoms with Crippen molar-refractivity contribution >= 4 is 33.4 Å². The molecule has 6 nitrogen and oxygen atoms in total. The molecule has 2 aliphatic heterocycles. The van der Waals surface area contributed by atoms with Gasteiger partial charge in [0.25, 0.3) is 0 Å². The highest BCUT2D eigenvalue weighted by Crippen LogP contribution is 2.34. The summed E-state index contributed by atoms with van der Waals surface area (Å²) >= 11 is 5.65. The third-order valence-electron chi connectivity index (χ3n) is 5.42. The van der Waals surface area contributed by atoms with E-state index in [1.165, 1.54) is 0 Å². The highest BCUT2D eigenvalue weighted by atomic mass is 35.5. The van der Waals surface area contributed by atoms with E-state index in [1.54, 1.807) is 4.90 Å². The molecule has 0 unspecified atom stereocenters. The van der Waals surface area contributed by atoms with Crippen molar-refractivity contribution in [3.8, 4) is 0 Å². The fraction of sp³-hybridized carbons (Fsp3) is 0.350. The number of rotatable bonds is 3. The van der Waals surface area contributed by atoms with Crippen molar-refractivity contribution in [1.82, 2.24) is 4.31 Å². The Bertz CT molecular complexity index is 1120. The van der Waals surface area contributed by atoms with Gasteiger partial charge < -0.3 is 4.74 Å². The maximum atomic E-state index is 14.1. The summed E-state index contributed by atoms with van der Waals surface area (Å²) in [6.45, 7) is 2.30. The Balaban J connectivity index is 1.55. The monoisotopic (exact) mass is 456 g/mol. The van der Waals surface area contributed by atoms with Crippen LogP contribution in [0.3, 0.4) is 0 Å². The topological polar surface area (TPSA) is 66.9 Å². The van der Waals surface area contributed by atoms with Gasteiger partial charge in [-0.05, 0) is 31.9 Å². The first-order chi connectivity index (χ1) is 14.2. The van der Waals surface area contributed by atoms with Crippen LogP contribution in [0.2, 0.25) is 5.02 Å². The molecule has 2 aromatic carbocycles. The number of hydrogen-bond acceptors (Lipinski definition) is 4. The van der Waals surface area contributed by atoms with Crippen molar-refractivity contribution in [2.45, 2.75) is 37.3 Å². The second-order valence-electron chi connectivity index (χ2n) is 7.39. The summed E-state index contributed by atoms with van der Waals surface area (Å²) in [6, 6.07) is 6.72. The van der Waals surface area contributed by atoms with Crippen LogP contribution in [-0.4, -0.2) is 37.9 Å². The smallest absolute Gasteiger partial charge is 0.414 e. The van der Waals surface area contributed by atoms with Gasteiger partial charge in [0, 0.05) is 30.8 Å². The molecule has 10 heteroatoms. The molecular weight excluding hydrogens is 438 g/mol. The number of benzene rings is 2. The Morgan fingerprint density at radius 1 is 1.10 bits per heavy atom. The molecule has 0 aliphatic carbocycles. The Kier molecular flexibility index (Phi) is 5.46. The highest BCUT2D eigenvalue weighted by molar-refractivity contribution is 7.89. The standard InChI is InChI=1S/C20H19ClF2N2O4S/c1-12-2-3-18-13(8-12)11-29-20(26)25(18)14-4-6-24(7-5-14)30(27,28)19-9-15(21)16(22)10-17(19)23/h2-3,8-10,14H,4-7,11H2,1H3. The normalized spacial score (nSPS) is 18.3. The second-order valence-corrected chi connectivity index (χ2v) is 9.70. The van der Waals surface area contributed by atoms with Crippen LogP contribution < -0.4 is 4.90 Å². The molecule has 0 saturated carbocycles. The van der Waals surface area contributed by atoms with Gasteiger partial charge in [-0.3, -0.25) is 4.90 Å². The molecule has 0 spiro atoms. The summed E-state index contributed by atoms with van der Waals surface area (Å²) in [7, 11) is -4.19. The van der Waals surface area contributed by atoms with Crippen molar-refractivity contribution in [1.29, 1.82) is 0 Å². The molecular formula is C20H19ClF2N2O4S. The zero-order valence-corrected chi connectivity index (χ0v) is 17.6. The Morgan fingerprint density at radius 3 is 2.50 bits per heavy atom. The Morgan fingerprint density at radius 2 is 1.80 bits per heavy atom. The van der Waals surface area contributed by atoms with Crippen LogP contribution in [0.15, 0.2) is 35.2 Å². The summed E-state index contributed by atoms with van der Waals surface area (Å²) in [5.74, 6) is -2.22. The molecule has 30 heavy (non-hydrogen) atoms. The van der Waals surface area contributed by atoms with Crippen molar-refractivity contribution in [3.05, 3.63) is 58.1 Å². The van der Waals surface area contributed by atoms with Gasteiger partial charge in [0.15, 0.2) is 0 Å². The van der Waals surface area contributed by atoms with E-state index < -0.39 is 37.7 Å². The summed E-state index contributed by atoms with van der Waals surface area (Å²) in [5.41, 5.74) is 2.70. The lowest BCUT2D eigenvalue weighted by Gasteiger charge is -2.39. The van der Waals surface area contributed by atoms with Crippen LogP contribution in [0.1, 0.15) is 24.0 Å². The van der Waals surface area contributed by atoms with Gasteiger partial charge in [-0.25, -0.2) is 22.0 Å². The van der Waals surface area contributed by atoms with Gasteiger partial charge in [0.2, 0.25) is 10.0 Å². The SMILES string of the molecule is Cc1ccc2c(c1)COC(=O)N2C1CCN(S(=O)(=O)c2cc(Cl)c(F)cc2F)CC1. The van der Waals surface area contributed by atoms with Crippen LogP contribution in [0.5, 0.6) is 0 Å². The number of sulfonamides is 1. The van der Waals surface area contributed by atoms with Gasteiger partial charge in [0.1, 0.15) is 23.1 Å². The number of nitrogens with zero attached hydrogens (tertiary/aromatic N) is 2. The lowest BCUT2D eigenvalue weighted by molar-refractivity contribution is 0.135. The maximum Gasteiger partial charge on any atom is 0.414 e. The van der Waals surface area contributed by atoms with E-state index in [1.807, 2.05) is 25.1 Å². The first-order valence-corrected chi connectivity index (χ1v) is 11.2. The molecule has 160 valence electrons. The van der Waals surface area contributed by atoms with Gasteiger partial charge >= 0.3 is 6.09 Å². The number of hydrogen-bond donors (Lipinski definition) is 0. The number of carbonyl (C=O) groups is 1. The molecule has 2 heterocycles. The number of piperidine rings is 1. The number of anilines is 1. The minimum absolute atomic E-state index is 0.0758. The average molecular weight is 457 g/mol. The number of halogens is 3. The van der Waals surface area contributed by atoms with Gasteiger partial charge in [-0.2, -0.15) is 4.31 Å². The molecule has 0 atom stereocenters.